The second kappa shape index (κ2) is 9.34. The number of carbonyl (C=O) groups excluding carboxylic acids is 2. The zero-order chi connectivity index (χ0) is 21.7. The third-order valence-electron chi connectivity index (χ3n) is 3.95. The van der Waals surface area contributed by atoms with Gasteiger partial charge in [0.15, 0.2) is 0 Å². The van der Waals surface area contributed by atoms with E-state index in [0.717, 1.165) is 6.07 Å². The Kier molecular flexibility index (Phi) is 6.61. The first kappa shape index (κ1) is 21.2. The Morgan fingerprint density at radius 1 is 1.07 bits per heavy atom. The molecule has 3 rings (SSSR count). The largest absolute Gasteiger partial charge is 0.444 e. The predicted molar refractivity (Wildman–Crippen MR) is 111 cm³/mol. The Morgan fingerprint density at radius 2 is 1.80 bits per heavy atom. The number of amides is 1. The lowest BCUT2D eigenvalue weighted by Crippen LogP contribution is -2.26. The third-order valence-corrected chi connectivity index (χ3v) is 4.49. The summed E-state index contributed by atoms with van der Waals surface area (Å²) < 4.78 is 5.41. The zero-order valence-electron chi connectivity index (χ0n) is 15.1. The van der Waals surface area contributed by atoms with Crippen molar-refractivity contribution in [2.24, 2.45) is 0 Å². The Hall–Kier alpha value is -3.49. The summed E-state index contributed by atoms with van der Waals surface area (Å²) in [6, 6.07) is 14.8. The number of hydrogen-bond acceptors (Lipinski definition) is 6. The minimum Gasteiger partial charge on any atom is -0.444 e. The topological polar surface area (TPSA) is 111 Å². The standard InChI is InChI=1S/C20H13Cl2N3O5/c21-15-10-14(25(28)29)7-8-16(15)24-19(26)18(12-4-2-1-3-5-12)30-20(27)13-6-9-17(22)23-11-13/h1-11,18H,(H,24,26). The van der Waals surface area contributed by atoms with Gasteiger partial charge in [0.2, 0.25) is 6.10 Å². The molecule has 0 aliphatic heterocycles. The Balaban J connectivity index is 1.85. The Labute approximate surface area is 180 Å². The van der Waals surface area contributed by atoms with Crippen LogP contribution in [-0.2, 0) is 9.53 Å². The van der Waals surface area contributed by atoms with Gasteiger partial charge < -0.3 is 10.1 Å². The molecule has 1 unspecified atom stereocenters. The molecule has 152 valence electrons. The van der Waals surface area contributed by atoms with Crippen molar-refractivity contribution in [3.05, 3.63) is 98.3 Å². The van der Waals surface area contributed by atoms with Gasteiger partial charge in [0.1, 0.15) is 5.15 Å². The molecule has 0 saturated carbocycles. The maximum atomic E-state index is 12.9. The van der Waals surface area contributed by atoms with Crippen LogP contribution >= 0.6 is 23.2 Å². The van der Waals surface area contributed by atoms with Gasteiger partial charge >= 0.3 is 5.97 Å². The highest BCUT2D eigenvalue weighted by Gasteiger charge is 2.26. The van der Waals surface area contributed by atoms with Gasteiger partial charge in [-0.25, -0.2) is 9.78 Å². The van der Waals surface area contributed by atoms with Gasteiger partial charge in [0, 0.05) is 23.9 Å². The molecule has 1 heterocycles. The van der Waals surface area contributed by atoms with Crippen LogP contribution in [0.5, 0.6) is 0 Å². The van der Waals surface area contributed by atoms with Crippen LogP contribution in [0.3, 0.4) is 0 Å². The van der Waals surface area contributed by atoms with Crippen LogP contribution in [-0.4, -0.2) is 21.8 Å². The number of non-ortho nitro benzene ring substituents is 1. The first-order valence-corrected chi connectivity index (χ1v) is 9.23. The molecule has 1 aromatic heterocycles. The molecular weight excluding hydrogens is 433 g/mol. The van der Waals surface area contributed by atoms with E-state index in [9.17, 15) is 19.7 Å². The number of pyridine rings is 1. The maximum absolute atomic E-state index is 12.9. The molecule has 0 fully saturated rings. The van der Waals surface area contributed by atoms with Crippen molar-refractivity contribution in [2.45, 2.75) is 6.10 Å². The van der Waals surface area contributed by atoms with Gasteiger partial charge in [-0.05, 0) is 18.2 Å². The van der Waals surface area contributed by atoms with Crippen molar-refractivity contribution < 1.29 is 19.2 Å². The predicted octanol–water partition coefficient (Wildman–Crippen LogP) is 4.83. The fraction of sp³-hybridized carbons (Fsp3) is 0.0500. The van der Waals surface area contributed by atoms with Crippen molar-refractivity contribution in [2.75, 3.05) is 5.32 Å². The number of nitro benzene ring substituents is 1. The summed E-state index contributed by atoms with van der Waals surface area (Å²) in [7, 11) is 0. The summed E-state index contributed by atoms with van der Waals surface area (Å²) in [5.74, 6) is -1.47. The number of benzene rings is 2. The van der Waals surface area contributed by atoms with Crippen LogP contribution < -0.4 is 5.32 Å². The van der Waals surface area contributed by atoms with Crippen molar-refractivity contribution in [1.29, 1.82) is 0 Å². The number of anilines is 1. The van der Waals surface area contributed by atoms with Crippen molar-refractivity contribution >= 4 is 46.5 Å². The van der Waals surface area contributed by atoms with E-state index in [4.69, 9.17) is 27.9 Å². The molecule has 0 aliphatic rings. The van der Waals surface area contributed by atoms with Crippen LogP contribution in [0.2, 0.25) is 10.2 Å². The number of nitro groups is 1. The van der Waals surface area contributed by atoms with Gasteiger partial charge in [-0.1, -0.05) is 53.5 Å². The Bertz CT molecular complexity index is 1090. The number of nitrogens with zero attached hydrogens (tertiary/aromatic N) is 2. The van der Waals surface area contributed by atoms with Gasteiger partial charge in [0.25, 0.3) is 11.6 Å². The summed E-state index contributed by atoms with van der Waals surface area (Å²) in [5.41, 5.74) is 0.446. The van der Waals surface area contributed by atoms with Crippen molar-refractivity contribution in [3.8, 4) is 0 Å². The van der Waals surface area contributed by atoms with Crippen molar-refractivity contribution in [3.63, 3.8) is 0 Å². The highest BCUT2D eigenvalue weighted by molar-refractivity contribution is 6.34. The number of halogens is 2. The second-order valence-corrected chi connectivity index (χ2v) is 6.77. The minimum absolute atomic E-state index is 0.0300. The molecule has 2 aromatic carbocycles. The van der Waals surface area contributed by atoms with Gasteiger partial charge in [-0.3, -0.25) is 14.9 Å². The van der Waals surface area contributed by atoms with Gasteiger partial charge in [-0.15, -0.1) is 0 Å². The quantitative estimate of drug-likeness (QED) is 0.251. The van der Waals surface area contributed by atoms with Gasteiger partial charge in [-0.2, -0.15) is 0 Å². The summed E-state index contributed by atoms with van der Waals surface area (Å²) in [6.07, 6.45) is -0.0710. The molecule has 0 radical (unpaired) electrons. The molecule has 0 aliphatic carbocycles. The highest BCUT2D eigenvalue weighted by atomic mass is 35.5. The molecule has 8 nitrogen and oxygen atoms in total. The molecule has 10 heteroatoms. The van der Waals surface area contributed by atoms with E-state index in [1.165, 1.54) is 30.5 Å². The summed E-state index contributed by atoms with van der Waals surface area (Å²) in [4.78, 5) is 39.4. The number of nitrogens with one attached hydrogen (secondary N) is 1. The van der Waals surface area contributed by atoms with Crippen LogP contribution in [0.1, 0.15) is 22.0 Å². The molecule has 1 atom stereocenters. The Morgan fingerprint density at radius 3 is 2.40 bits per heavy atom. The first-order valence-electron chi connectivity index (χ1n) is 8.47. The molecule has 0 bridgehead atoms. The lowest BCUT2D eigenvalue weighted by molar-refractivity contribution is -0.384. The average Bonchev–Trinajstić information content (AvgIpc) is 2.74. The van der Waals surface area contributed by atoms with Crippen LogP contribution in [0.25, 0.3) is 0 Å². The van der Waals surface area contributed by atoms with Crippen LogP contribution in [0.4, 0.5) is 11.4 Å². The SMILES string of the molecule is O=C(OC(C(=O)Nc1ccc([N+](=O)[O-])cc1Cl)c1ccccc1)c1ccc(Cl)nc1. The molecule has 0 saturated heterocycles. The van der Waals surface area contributed by atoms with E-state index in [1.807, 2.05) is 0 Å². The smallest absolute Gasteiger partial charge is 0.340 e. The maximum Gasteiger partial charge on any atom is 0.340 e. The fourth-order valence-electron chi connectivity index (χ4n) is 2.49. The normalized spacial score (nSPS) is 11.4. The number of hydrogen-bond donors (Lipinski definition) is 1. The van der Waals surface area contributed by atoms with E-state index >= 15 is 0 Å². The van der Waals surface area contributed by atoms with E-state index in [0.29, 0.717) is 5.56 Å². The first-order chi connectivity index (χ1) is 14.3. The van der Waals surface area contributed by atoms with Crippen molar-refractivity contribution in [1.82, 2.24) is 4.98 Å². The fourth-order valence-corrected chi connectivity index (χ4v) is 2.82. The van der Waals surface area contributed by atoms with E-state index in [-0.39, 0.29) is 27.1 Å². The minimum atomic E-state index is -1.30. The van der Waals surface area contributed by atoms with Crippen LogP contribution in [0.15, 0.2) is 66.9 Å². The zero-order valence-corrected chi connectivity index (χ0v) is 16.6. The molecule has 0 spiro atoms. The number of ether oxygens (including phenoxy) is 1. The van der Waals surface area contributed by atoms with Gasteiger partial charge in [0.05, 0.1) is 21.2 Å². The second-order valence-electron chi connectivity index (χ2n) is 5.98. The van der Waals surface area contributed by atoms with Crippen LogP contribution in [0, 0.1) is 10.1 Å². The molecule has 1 amide bonds. The van der Waals surface area contributed by atoms with E-state index < -0.39 is 22.9 Å². The molecule has 30 heavy (non-hydrogen) atoms. The number of esters is 1. The molecule has 1 N–H and O–H groups in total. The summed E-state index contributed by atoms with van der Waals surface area (Å²) in [5, 5.41) is 13.6. The molecular formula is C20H13Cl2N3O5. The summed E-state index contributed by atoms with van der Waals surface area (Å²) in [6.45, 7) is 0. The summed E-state index contributed by atoms with van der Waals surface area (Å²) >= 11 is 11.8. The molecule has 3 aromatic rings. The monoisotopic (exact) mass is 445 g/mol. The van der Waals surface area contributed by atoms with E-state index in [1.54, 1.807) is 30.3 Å². The lowest BCUT2D eigenvalue weighted by Gasteiger charge is -2.18. The number of aromatic nitrogens is 1. The lowest BCUT2D eigenvalue weighted by atomic mass is 10.1. The average molecular weight is 446 g/mol. The highest BCUT2D eigenvalue weighted by Crippen LogP contribution is 2.28. The number of carbonyl (C=O) groups is 2. The number of rotatable bonds is 6. The van der Waals surface area contributed by atoms with E-state index in [2.05, 4.69) is 10.3 Å². The third kappa shape index (κ3) is 5.11.